The van der Waals surface area contributed by atoms with Gasteiger partial charge in [0.2, 0.25) is 5.95 Å². The summed E-state index contributed by atoms with van der Waals surface area (Å²) in [5, 5.41) is 6.24. The molecule has 1 aromatic heterocycles. The van der Waals surface area contributed by atoms with Gasteiger partial charge in [-0.15, -0.1) is 0 Å². The van der Waals surface area contributed by atoms with E-state index in [1.54, 1.807) is 37.4 Å². The van der Waals surface area contributed by atoms with E-state index in [-0.39, 0.29) is 11.6 Å². The Morgan fingerprint density at radius 1 is 1.32 bits per heavy atom. The number of nitrogens with one attached hydrogen (secondary N) is 2. The molecule has 0 aliphatic heterocycles. The van der Waals surface area contributed by atoms with Crippen LogP contribution in [0.4, 0.5) is 11.6 Å². The van der Waals surface area contributed by atoms with Crippen molar-refractivity contribution in [3.63, 3.8) is 0 Å². The topological polar surface area (TPSA) is 76.1 Å². The maximum Gasteiger partial charge on any atom is 0.274 e. The standard InChI is InChI=1S/C15H17ClN4O2/c1-22-10-4-8-17-15-18-9-7-13(20-15)14(21)19-12-6-3-2-5-11(12)16/h2-3,5-7,9H,4,8,10H2,1H3,(H,19,21)(H,17,18,20). The first kappa shape index (κ1) is 16.2. The first-order chi connectivity index (χ1) is 10.7. The lowest BCUT2D eigenvalue weighted by atomic mass is 10.3. The van der Waals surface area contributed by atoms with E-state index in [1.807, 2.05) is 0 Å². The molecule has 1 heterocycles. The van der Waals surface area contributed by atoms with Crippen LogP contribution in [0, 0.1) is 0 Å². The van der Waals surface area contributed by atoms with E-state index in [0.717, 1.165) is 6.42 Å². The number of amides is 1. The number of carbonyl (C=O) groups is 1. The molecule has 0 aliphatic rings. The second-order valence-electron chi connectivity index (χ2n) is 4.47. The van der Waals surface area contributed by atoms with Gasteiger partial charge in [-0.2, -0.15) is 0 Å². The Morgan fingerprint density at radius 2 is 2.14 bits per heavy atom. The molecule has 0 bridgehead atoms. The molecule has 0 fully saturated rings. The van der Waals surface area contributed by atoms with Gasteiger partial charge in [0.15, 0.2) is 0 Å². The van der Waals surface area contributed by atoms with Crippen LogP contribution in [-0.2, 0) is 4.74 Å². The van der Waals surface area contributed by atoms with Crippen LogP contribution >= 0.6 is 11.6 Å². The van der Waals surface area contributed by atoms with Crippen LogP contribution in [0.2, 0.25) is 5.02 Å². The summed E-state index contributed by atoms with van der Waals surface area (Å²) < 4.78 is 4.96. The minimum absolute atomic E-state index is 0.268. The van der Waals surface area contributed by atoms with Crippen molar-refractivity contribution >= 4 is 29.1 Å². The van der Waals surface area contributed by atoms with Crippen molar-refractivity contribution in [2.24, 2.45) is 0 Å². The average molecular weight is 321 g/mol. The van der Waals surface area contributed by atoms with E-state index in [2.05, 4.69) is 20.6 Å². The van der Waals surface area contributed by atoms with Crippen molar-refractivity contribution in [1.29, 1.82) is 0 Å². The summed E-state index contributed by atoms with van der Waals surface area (Å²) in [5.74, 6) is 0.0679. The lowest BCUT2D eigenvalue weighted by Crippen LogP contribution is -2.16. The summed E-state index contributed by atoms with van der Waals surface area (Å²) in [6, 6.07) is 8.58. The zero-order valence-electron chi connectivity index (χ0n) is 12.2. The van der Waals surface area contributed by atoms with Crippen LogP contribution in [0.15, 0.2) is 36.5 Å². The number of carbonyl (C=O) groups excluding carboxylic acids is 1. The van der Waals surface area contributed by atoms with Crippen molar-refractivity contribution in [3.05, 3.63) is 47.2 Å². The summed E-state index contributed by atoms with van der Waals surface area (Å²) in [7, 11) is 1.65. The van der Waals surface area contributed by atoms with Gasteiger partial charge in [0, 0.05) is 26.5 Å². The molecule has 2 aromatic rings. The third-order valence-corrected chi connectivity index (χ3v) is 3.15. The molecule has 0 atom stereocenters. The van der Waals surface area contributed by atoms with Gasteiger partial charge < -0.3 is 15.4 Å². The van der Waals surface area contributed by atoms with E-state index in [4.69, 9.17) is 16.3 Å². The summed E-state index contributed by atoms with van der Waals surface area (Å²) in [5.41, 5.74) is 0.812. The van der Waals surface area contributed by atoms with Gasteiger partial charge in [-0.05, 0) is 24.6 Å². The van der Waals surface area contributed by atoms with E-state index in [9.17, 15) is 4.79 Å². The second kappa shape index (κ2) is 8.31. The molecule has 6 nitrogen and oxygen atoms in total. The molecular formula is C15H17ClN4O2. The number of rotatable bonds is 7. The molecule has 1 amide bonds. The number of hydrogen-bond acceptors (Lipinski definition) is 5. The average Bonchev–Trinajstić information content (AvgIpc) is 2.54. The number of benzene rings is 1. The molecule has 2 rings (SSSR count). The molecule has 7 heteroatoms. The smallest absolute Gasteiger partial charge is 0.274 e. The van der Waals surface area contributed by atoms with Crippen molar-refractivity contribution in [2.45, 2.75) is 6.42 Å². The fourth-order valence-electron chi connectivity index (χ4n) is 1.74. The van der Waals surface area contributed by atoms with Crippen LogP contribution in [0.25, 0.3) is 0 Å². The number of ether oxygens (including phenoxy) is 1. The van der Waals surface area contributed by atoms with Gasteiger partial charge in [0.1, 0.15) is 5.69 Å². The number of anilines is 2. The molecule has 0 spiro atoms. The molecule has 0 radical (unpaired) electrons. The normalized spacial score (nSPS) is 10.3. The van der Waals surface area contributed by atoms with Gasteiger partial charge >= 0.3 is 0 Å². The molecule has 0 saturated heterocycles. The highest BCUT2D eigenvalue weighted by Gasteiger charge is 2.10. The first-order valence-electron chi connectivity index (χ1n) is 6.82. The highest BCUT2D eigenvalue weighted by Crippen LogP contribution is 2.20. The fourth-order valence-corrected chi connectivity index (χ4v) is 1.92. The van der Waals surface area contributed by atoms with E-state index >= 15 is 0 Å². The summed E-state index contributed by atoms with van der Waals surface area (Å²) in [4.78, 5) is 20.4. The lowest BCUT2D eigenvalue weighted by Gasteiger charge is -2.08. The van der Waals surface area contributed by atoms with Crippen molar-refractivity contribution < 1.29 is 9.53 Å². The number of aromatic nitrogens is 2. The SMILES string of the molecule is COCCCNc1nccc(C(=O)Nc2ccccc2Cl)n1. The number of nitrogens with zero attached hydrogens (tertiary/aromatic N) is 2. The predicted octanol–water partition coefficient (Wildman–Crippen LogP) is 2.83. The zero-order valence-corrected chi connectivity index (χ0v) is 12.9. The maximum absolute atomic E-state index is 12.2. The Bertz CT molecular complexity index is 636. The number of hydrogen-bond donors (Lipinski definition) is 2. The number of para-hydroxylation sites is 1. The molecule has 0 unspecified atom stereocenters. The van der Waals surface area contributed by atoms with Gasteiger partial charge in [-0.25, -0.2) is 9.97 Å². The van der Waals surface area contributed by atoms with E-state index in [1.165, 1.54) is 6.20 Å². The Balaban J connectivity index is 1.99. The van der Waals surface area contributed by atoms with Crippen LogP contribution < -0.4 is 10.6 Å². The second-order valence-corrected chi connectivity index (χ2v) is 4.88. The molecule has 22 heavy (non-hydrogen) atoms. The number of halogens is 1. The Kier molecular flexibility index (Phi) is 6.12. The van der Waals surface area contributed by atoms with Crippen molar-refractivity contribution in [2.75, 3.05) is 30.9 Å². The van der Waals surface area contributed by atoms with Crippen molar-refractivity contribution in [3.8, 4) is 0 Å². The highest BCUT2D eigenvalue weighted by molar-refractivity contribution is 6.33. The quantitative estimate of drug-likeness (QED) is 0.767. The minimum atomic E-state index is -0.338. The summed E-state index contributed by atoms with van der Waals surface area (Å²) in [6.07, 6.45) is 2.36. The number of methoxy groups -OCH3 is 1. The Morgan fingerprint density at radius 3 is 2.91 bits per heavy atom. The largest absolute Gasteiger partial charge is 0.385 e. The molecular weight excluding hydrogens is 304 g/mol. The molecule has 1 aromatic carbocycles. The molecule has 116 valence electrons. The third kappa shape index (κ3) is 4.68. The van der Waals surface area contributed by atoms with E-state index in [0.29, 0.717) is 29.8 Å². The van der Waals surface area contributed by atoms with Gasteiger partial charge in [-0.1, -0.05) is 23.7 Å². The van der Waals surface area contributed by atoms with Gasteiger partial charge in [-0.3, -0.25) is 4.79 Å². The molecule has 0 saturated carbocycles. The van der Waals surface area contributed by atoms with Gasteiger partial charge in [0.25, 0.3) is 5.91 Å². The Labute approximate surface area is 133 Å². The van der Waals surface area contributed by atoms with Crippen molar-refractivity contribution in [1.82, 2.24) is 9.97 Å². The van der Waals surface area contributed by atoms with Gasteiger partial charge in [0.05, 0.1) is 10.7 Å². The van der Waals surface area contributed by atoms with E-state index < -0.39 is 0 Å². The monoisotopic (exact) mass is 320 g/mol. The minimum Gasteiger partial charge on any atom is -0.385 e. The summed E-state index contributed by atoms with van der Waals surface area (Å²) in [6.45, 7) is 1.32. The lowest BCUT2D eigenvalue weighted by molar-refractivity contribution is 0.102. The Hall–Kier alpha value is -2.18. The first-order valence-corrected chi connectivity index (χ1v) is 7.20. The van der Waals surface area contributed by atoms with Crippen LogP contribution in [-0.4, -0.2) is 36.1 Å². The fraction of sp³-hybridized carbons (Fsp3) is 0.267. The summed E-state index contributed by atoms with van der Waals surface area (Å²) >= 11 is 6.01. The van der Waals surface area contributed by atoms with Crippen LogP contribution in [0.5, 0.6) is 0 Å². The maximum atomic E-state index is 12.2. The van der Waals surface area contributed by atoms with Crippen LogP contribution in [0.1, 0.15) is 16.9 Å². The highest BCUT2D eigenvalue weighted by atomic mass is 35.5. The third-order valence-electron chi connectivity index (χ3n) is 2.82. The zero-order chi connectivity index (χ0) is 15.8. The van der Waals surface area contributed by atoms with Crippen LogP contribution in [0.3, 0.4) is 0 Å². The molecule has 2 N–H and O–H groups in total. The molecule has 0 aliphatic carbocycles. The predicted molar refractivity (Wildman–Crippen MR) is 86.4 cm³/mol.